The van der Waals surface area contributed by atoms with Crippen LogP contribution in [0.1, 0.15) is 6.92 Å². The Morgan fingerprint density at radius 2 is 2.11 bits per heavy atom. The largest absolute Gasteiger partial charge is 0.374 e. The second kappa shape index (κ2) is 5.01. The molecule has 1 aliphatic rings. The molecule has 0 saturated carbocycles. The first-order valence-electron chi connectivity index (χ1n) is 5.24. The van der Waals surface area contributed by atoms with E-state index in [0.29, 0.717) is 11.4 Å². The molecule has 0 radical (unpaired) electrons. The number of rotatable bonds is 2. The predicted octanol–water partition coefficient (Wildman–Crippen LogP) is 1.60. The standard InChI is InChI=1S/C11H11N5OS/c1-7-9(10(17)16(15-7)11(12)18)14-13-8-5-3-2-4-6-8/h2-6,9H,1H3,(H2,12,18)/t9-/m0/s1. The van der Waals surface area contributed by atoms with Gasteiger partial charge in [-0.25, -0.2) is 0 Å². The van der Waals surface area contributed by atoms with Crippen molar-refractivity contribution in [3.8, 4) is 0 Å². The molecule has 92 valence electrons. The topological polar surface area (TPSA) is 83.4 Å². The Morgan fingerprint density at radius 1 is 1.44 bits per heavy atom. The Balaban J connectivity index is 2.17. The molecule has 6 nitrogen and oxygen atoms in total. The van der Waals surface area contributed by atoms with Gasteiger partial charge < -0.3 is 5.73 Å². The van der Waals surface area contributed by atoms with Crippen molar-refractivity contribution in [2.24, 2.45) is 21.1 Å². The summed E-state index contributed by atoms with van der Waals surface area (Å²) in [6, 6.07) is 8.40. The van der Waals surface area contributed by atoms with E-state index < -0.39 is 6.04 Å². The molecule has 0 aliphatic carbocycles. The van der Waals surface area contributed by atoms with Crippen molar-refractivity contribution in [2.45, 2.75) is 13.0 Å². The van der Waals surface area contributed by atoms with Crippen molar-refractivity contribution in [3.05, 3.63) is 30.3 Å². The first-order valence-corrected chi connectivity index (χ1v) is 5.65. The average molecular weight is 261 g/mol. The number of carbonyl (C=O) groups excluding carboxylic acids is 1. The lowest BCUT2D eigenvalue weighted by atomic mass is 10.2. The fourth-order valence-corrected chi connectivity index (χ4v) is 1.60. The Labute approximate surface area is 109 Å². The van der Waals surface area contributed by atoms with Gasteiger partial charge in [-0.1, -0.05) is 18.2 Å². The smallest absolute Gasteiger partial charge is 0.282 e. The molecule has 0 unspecified atom stereocenters. The Morgan fingerprint density at radius 3 is 2.67 bits per heavy atom. The summed E-state index contributed by atoms with van der Waals surface area (Å²) >= 11 is 4.72. The lowest BCUT2D eigenvalue weighted by Crippen LogP contribution is -2.37. The molecule has 0 saturated heterocycles. The number of amides is 1. The number of nitrogens with two attached hydrogens (primary N) is 1. The van der Waals surface area contributed by atoms with E-state index in [2.05, 4.69) is 15.3 Å². The number of azo groups is 1. The number of thiocarbonyl (C=S) groups is 1. The van der Waals surface area contributed by atoms with Gasteiger partial charge in [0.25, 0.3) is 5.91 Å². The second-order valence-corrected chi connectivity index (χ2v) is 4.10. The molecule has 7 heteroatoms. The third-order valence-electron chi connectivity index (χ3n) is 2.35. The summed E-state index contributed by atoms with van der Waals surface area (Å²) in [5, 5.41) is 12.8. The van der Waals surface area contributed by atoms with E-state index >= 15 is 0 Å². The van der Waals surface area contributed by atoms with Crippen molar-refractivity contribution in [3.63, 3.8) is 0 Å². The minimum atomic E-state index is -0.744. The van der Waals surface area contributed by atoms with Gasteiger partial charge in [-0.2, -0.15) is 20.3 Å². The zero-order valence-electron chi connectivity index (χ0n) is 9.65. The predicted molar refractivity (Wildman–Crippen MR) is 71.5 cm³/mol. The van der Waals surface area contributed by atoms with Crippen LogP contribution in [0.5, 0.6) is 0 Å². The van der Waals surface area contributed by atoms with Crippen molar-refractivity contribution in [1.29, 1.82) is 0 Å². The van der Waals surface area contributed by atoms with Crippen LogP contribution in [-0.2, 0) is 4.79 Å². The monoisotopic (exact) mass is 261 g/mol. The third kappa shape index (κ3) is 2.40. The van der Waals surface area contributed by atoms with Crippen LogP contribution < -0.4 is 5.73 Å². The third-order valence-corrected chi connectivity index (χ3v) is 2.52. The lowest BCUT2D eigenvalue weighted by Gasteiger charge is -2.08. The van der Waals surface area contributed by atoms with Crippen LogP contribution in [0.15, 0.2) is 45.7 Å². The highest BCUT2D eigenvalue weighted by atomic mass is 32.1. The summed E-state index contributed by atoms with van der Waals surface area (Å²) in [6.07, 6.45) is 0. The van der Waals surface area contributed by atoms with Gasteiger partial charge in [0, 0.05) is 0 Å². The normalized spacial score (nSPS) is 19.4. The van der Waals surface area contributed by atoms with E-state index in [9.17, 15) is 4.79 Å². The maximum atomic E-state index is 11.9. The highest BCUT2D eigenvalue weighted by Gasteiger charge is 2.35. The average Bonchev–Trinajstić information content (AvgIpc) is 2.64. The first-order chi connectivity index (χ1) is 8.59. The number of hydrogen-bond acceptors (Lipinski definition) is 5. The van der Waals surface area contributed by atoms with Gasteiger partial charge in [-0.3, -0.25) is 4.79 Å². The minimum absolute atomic E-state index is 0.0863. The van der Waals surface area contributed by atoms with Crippen LogP contribution >= 0.6 is 12.2 Å². The van der Waals surface area contributed by atoms with Gasteiger partial charge >= 0.3 is 0 Å². The first kappa shape index (κ1) is 12.3. The molecule has 18 heavy (non-hydrogen) atoms. The fourth-order valence-electron chi connectivity index (χ4n) is 1.47. The van der Waals surface area contributed by atoms with Crippen LogP contribution in [0.2, 0.25) is 0 Å². The van der Waals surface area contributed by atoms with Gasteiger partial charge in [-0.05, 0) is 31.3 Å². The maximum absolute atomic E-state index is 11.9. The number of hydrazone groups is 1. The number of nitrogens with zero attached hydrogens (tertiary/aromatic N) is 4. The van der Waals surface area contributed by atoms with Crippen LogP contribution in [0.3, 0.4) is 0 Å². The Kier molecular flexibility index (Phi) is 3.42. The number of hydrogen-bond donors (Lipinski definition) is 1. The molecule has 1 aromatic carbocycles. The summed E-state index contributed by atoms with van der Waals surface area (Å²) in [7, 11) is 0. The maximum Gasteiger partial charge on any atom is 0.282 e. The van der Waals surface area contributed by atoms with Gasteiger partial charge in [-0.15, -0.1) is 0 Å². The molecular formula is C11H11N5OS. The number of benzene rings is 1. The van der Waals surface area contributed by atoms with E-state index in [-0.39, 0.29) is 11.0 Å². The summed E-state index contributed by atoms with van der Waals surface area (Å²) in [5.41, 5.74) is 6.57. The Hall–Kier alpha value is -2.15. The number of carbonyl (C=O) groups is 1. The van der Waals surface area contributed by atoms with E-state index in [1.807, 2.05) is 18.2 Å². The van der Waals surface area contributed by atoms with Crippen LogP contribution in [0.25, 0.3) is 0 Å². The molecule has 1 aromatic rings. The second-order valence-electron chi connectivity index (χ2n) is 3.68. The van der Waals surface area contributed by atoms with Crippen molar-refractivity contribution < 1.29 is 4.79 Å². The minimum Gasteiger partial charge on any atom is -0.374 e. The highest BCUT2D eigenvalue weighted by Crippen LogP contribution is 2.16. The Bertz CT molecular complexity index is 540. The summed E-state index contributed by atoms with van der Waals surface area (Å²) in [6.45, 7) is 1.69. The van der Waals surface area contributed by atoms with Crippen LogP contribution in [0.4, 0.5) is 5.69 Å². The molecule has 0 spiro atoms. The van der Waals surface area contributed by atoms with Gasteiger partial charge in [0.15, 0.2) is 11.2 Å². The van der Waals surface area contributed by atoms with E-state index in [1.54, 1.807) is 19.1 Å². The molecule has 0 aromatic heterocycles. The van der Waals surface area contributed by atoms with Gasteiger partial charge in [0.1, 0.15) is 0 Å². The zero-order valence-corrected chi connectivity index (χ0v) is 10.5. The van der Waals surface area contributed by atoms with Crippen molar-refractivity contribution >= 4 is 34.6 Å². The molecule has 1 atom stereocenters. The molecule has 0 fully saturated rings. The fraction of sp³-hybridized carbons (Fsp3) is 0.182. The molecule has 1 aliphatic heterocycles. The summed E-state index contributed by atoms with van der Waals surface area (Å²) in [4.78, 5) is 11.9. The highest BCUT2D eigenvalue weighted by molar-refractivity contribution is 7.80. The quantitative estimate of drug-likeness (QED) is 0.648. The van der Waals surface area contributed by atoms with E-state index in [0.717, 1.165) is 5.01 Å². The summed E-state index contributed by atoms with van der Waals surface area (Å²) in [5.74, 6) is -0.375. The molecule has 2 rings (SSSR count). The van der Waals surface area contributed by atoms with Crippen molar-refractivity contribution in [1.82, 2.24) is 5.01 Å². The van der Waals surface area contributed by atoms with Crippen LogP contribution in [-0.4, -0.2) is 27.8 Å². The molecule has 2 N–H and O–H groups in total. The van der Waals surface area contributed by atoms with E-state index in [4.69, 9.17) is 18.0 Å². The van der Waals surface area contributed by atoms with Gasteiger partial charge in [0.05, 0.1) is 11.4 Å². The molecule has 1 amide bonds. The van der Waals surface area contributed by atoms with Gasteiger partial charge in [0.2, 0.25) is 0 Å². The molecule has 0 bridgehead atoms. The summed E-state index contributed by atoms with van der Waals surface area (Å²) < 4.78 is 0. The SMILES string of the molecule is CC1=NN(C(N)=S)C(=O)[C@H]1N=Nc1ccccc1. The van der Waals surface area contributed by atoms with Crippen LogP contribution in [0, 0.1) is 0 Å². The van der Waals surface area contributed by atoms with Crippen molar-refractivity contribution in [2.75, 3.05) is 0 Å². The zero-order chi connectivity index (χ0) is 13.1. The lowest BCUT2D eigenvalue weighted by molar-refractivity contribution is -0.126. The molecule has 1 heterocycles. The van der Waals surface area contributed by atoms with E-state index in [1.165, 1.54) is 0 Å². The molecular weight excluding hydrogens is 250 g/mol.